The molecule has 2 amide bonds. The molecule has 0 bridgehead atoms. The Labute approximate surface area is 122 Å². The fraction of sp³-hybridized carbons (Fsp3) is 0.867. The first-order valence-electron chi connectivity index (χ1n) is 7.43. The minimum absolute atomic E-state index is 0.00468. The van der Waals surface area contributed by atoms with Gasteiger partial charge in [-0.3, -0.25) is 4.79 Å². The van der Waals surface area contributed by atoms with Crippen LogP contribution in [0.4, 0.5) is 4.79 Å². The van der Waals surface area contributed by atoms with Crippen molar-refractivity contribution in [1.29, 1.82) is 0 Å². The van der Waals surface area contributed by atoms with Crippen LogP contribution in [0.1, 0.15) is 47.0 Å². The normalized spacial score (nSPS) is 12.6. The maximum absolute atomic E-state index is 11.9. The van der Waals surface area contributed by atoms with E-state index in [1.54, 1.807) is 11.9 Å². The topological polar surface area (TPSA) is 69.6 Å². The largest absolute Gasteiger partial charge is 0.481 e. The average Bonchev–Trinajstić information content (AvgIpc) is 2.31. The summed E-state index contributed by atoms with van der Waals surface area (Å²) in [5.41, 5.74) is 0. The minimum Gasteiger partial charge on any atom is -0.481 e. The van der Waals surface area contributed by atoms with Gasteiger partial charge in [0.2, 0.25) is 0 Å². The number of carbonyl (C=O) groups is 2. The molecule has 20 heavy (non-hydrogen) atoms. The van der Waals surface area contributed by atoms with Gasteiger partial charge in [0.25, 0.3) is 0 Å². The van der Waals surface area contributed by atoms with Gasteiger partial charge in [0.1, 0.15) is 0 Å². The molecule has 1 atom stereocenters. The van der Waals surface area contributed by atoms with Gasteiger partial charge in [-0.15, -0.1) is 0 Å². The monoisotopic (exact) mass is 286 g/mol. The lowest BCUT2D eigenvalue weighted by Gasteiger charge is -2.22. The van der Waals surface area contributed by atoms with E-state index in [4.69, 9.17) is 5.11 Å². The summed E-state index contributed by atoms with van der Waals surface area (Å²) in [5, 5.41) is 11.7. The summed E-state index contributed by atoms with van der Waals surface area (Å²) < 4.78 is 0. The Bertz CT molecular complexity index is 303. The smallest absolute Gasteiger partial charge is 0.317 e. The summed E-state index contributed by atoms with van der Waals surface area (Å²) in [6.07, 6.45) is 1.88. The third-order valence-corrected chi connectivity index (χ3v) is 3.20. The van der Waals surface area contributed by atoms with Crippen LogP contribution in [0, 0.1) is 17.8 Å². The van der Waals surface area contributed by atoms with Crippen molar-refractivity contribution in [2.24, 2.45) is 17.8 Å². The van der Waals surface area contributed by atoms with Gasteiger partial charge in [-0.05, 0) is 30.6 Å². The SMILES string of the molecule is CC(C)CCN(C)C(=O)NCC(CC(=O)O)CC(C)C. The van der Waals surface area contributed by atoms with Crippen LogP contribution in [0.15, 0.2) is 0 Å². The number of nitrogens with one attached hydrogen (secondary N) is 1. The number of hydrogen-bond donors (Lipinski definition) is 2. The Morgan fingerprint density at radius 2 is 1.75 bits per heavy atom. The van der Waals surface area contributed by atoms with Gasteiger partial charge in [-0.2, -0.15) is 0 Å². The molecule has 0 fully saturated rings. The summed E-state index contributed by atoms with van der Waals surface area (Å²) in [6, 6.07) is -0.121. The second-order valence-corrected chi connectivity index (χ2v) is 6.38. The number of carbonyl (C=O) groups excluding carboxylic acids is 1. The number of carboxylic acids is 1. The van der Waals surface area contributed by atoms with Crippen molar-refractivity contribution < 1.29 is 14.7 Å². The molecule has 0 saturated carbocycles. The average molecular weight is 286 g/mol. The van der Waals surface area contributed by atoms with E-state index >= 15 is 0 Å². The molecule has 2 N–H and O–H groups in total. The Hall–Kier alpha value is -1.26. The van der Waals surface area contributed by atoms with Crippen LogP contribution in [0.3, 0.4) is 0 Å². The van der Waals surface area contributed by atoms with Crippen LogP contribution in [-0.4, -0.2) is 42.1 Å². The highest BCUT2D eigenvalue weighted by atomic mass is 16.4. The Kier molecular flexibility index (Phi) is 9.01. The highest BCUT2D eigenvalue weighted by Gasteiger charge is 2.17. The molecule has 0 aliphatic heterocycles. The van der Waals surface area contributed by atoms with Gasteiger partial charge < -0.3 is 15.3 Å². The molecular weight excluding hydrogens is 256 g/mol. The summed E-state index contributed by atoms with van der Waals surface area (Å²) in [6.45, 7) is 9.51. The fourth-order valence-electron chi connectivity index (χ4n) is 2.07. The van der Waals surface area contributed by atoms with E-state index in [2.05, 4.69) is 33.0 Å². The molecular formula is C15H30N2O3. The van der Waals surface area contributed by atoms with Gasteiger partial charge in [-0.1, -0.05) is 27.7 Å². The summed E-state index contributed by atoms with van der Waals surface area (Å²) in [7, 11) is 1.77. The van der Waals surface area contributed by atoms with Crippen LogP contribution in [-0.2, 0) is 4.79 Å². The van der Waals surface area contributed by atoms with Crippen molar-refractivity contribution in [3.05, 3.63) is 0 Å². The maximum atomic E-state index is 11.9. The van der Waals surface area contributed by atoms with Gasteiger partial charge >= 0.3 is 12.0 Å². The zero-order chi connectivity index (χ0) is 15.7. The zero-order valence-corrected chi connectivity index (χ0v) is 13.5. The van der Waals surface area contributed by atoms with E-state index in [9.17, 15) is 9.59 Å². The maximum Gasteiger partial charge on any atom is 0.317 e. The molecule has 0 radical (unpaired) electrons. The molecule has 0 saturated heterocycles. The molecule has 1 unspecified atom stereocenters. The predicted octanol–water partition coefficient (Wildman–Crippen LogP) is 2.81. The number of nitrogens with zero attached hydrogens (tertiary/aromatic N) is 1. The van der Waals surface area contributed by atoms with Crippen molar-refractivity contribution in [3.8, 4) is 0 Å². The molecule has 5 nitrogen and oxygen atoms in total. The lowest BCUT2D eigenvalue weighted by Crippen LogP contribution is -2.40. The summed E-state index contributed by atoms with van der Waals surface area (Å²) in [4.78, 5) is 24.4. The highest BCUT2D eigenvalue weighted by molar-refractivity contribution is 5.74. The number of carboxylic acid groups (broad SMARTS) is 1. The zero-order valence-electron chi connectivity index (χ0n) is 13.5. The number of rotatable bonds is 9. The summed E-state index contributed by atoms with van der Waals surface area (Å²) in [5.74, 6) is 0.175. The highest BCUT2D eigenvalue weighted by Crippen LogP contribution is 2.14. The van der Waals surface area contributed by atoms with Crippen molar-refractivity contribution in [3.63, 3.8) is 0 Å². The standard InChI is InChI=1S/C15H30N2O3/c1-11(2)6-7-17(5)15(20)16-10-13(8-12(3)4)9-14(18)19/h11-13H,6-10H2,1-5H3,(H,16,20)(H,18,19). The molecule has 0 heterocycles. The van der Waals surface area contributed by atoms with E-state index in [-0.39, 0.29) is 18.4 Å². The van der Waals surface area contributed by atoms with Gasteiger partial charge in [0, 0.05) is 26.6 Å². The van der Waals surface area contributed by atoms with Crippen LogP contribution >= 0.6 is 0 Å². The van der Waals surface area contributed by atoms with Crippen molar-refractivity contribution in [1.82, 2.24) is 10.2 Å². The minimum atomic E-state index is -0.807. The predicted molar refractivity (Wildman–Crippen MR) is 80.7 cm³/mol. The van der Waals surface area contributed by atoms with Crippen LogP contribution in [0.25, 0.3) is 0 Å². The second-order valence-electron chi connectivity index (χ2n) is 6.38. The molecule has 0 rings (SSSR count). The Balaban J connectivity index is 4.17. The molecule has 0 aromatic carbocycles. The first kappa shape index (κ1) is 18.7. The summed E-state index contributed by atoms with van der Waals surface area (Å²) >= 11 is 0. The van der Waals surface area contributed by atoms with E-state index in [1.165, 1.54) is 0 Å². The Morgan fingerprint density at radius 1 is 1.15 bits per heavy atom. The first-order chi connectivity index (χ1) is 9.22. The van der Waals surface area contributed by atoms with E-state index in [0.29, 0.717) is 18.4 Å². The van der Waals surface area contributed by atoms with Gasteiger partial charge in [0.05, 0.1) is 0 Å². The number of amides is 2. The van der Waals surface area contributed by atoms with Crippen LogP contribution < -0.4 is 5.32 Å². The fourth-order valence-corrected chi connectivity index (χ4v) is 2.07. The molecule has 0 aromatic rings. The number of urea groups is 1. The molecule has 0 aliphatic rings. The first-order valence-corrected chi connectivity index (χ1v) is 7.43. The van der Waals surface area contributed by atoms with Crippen molar-refractivity contribution in [2.45, 2.75) is 47.0 Å². The lowest BCUT2D eigenvalue weighted by molar-refractivity contribution is -0.138. The van der Waals surface area contributed by atoms with Gasteiger partial charge in [-0.25, -0.2) is 4.79 Å². The third kappa shape index (κ3) is 9.64. The lowest BCUT2D eigenvalue weighted by atomic mass is 9.94. The molecule has 0 spiro atoms. The number of hydrogen-bond acceptors (Lipinski definition) is 2. The van der Waals surface area contributed by atoms with E-state index in [0.717, 1.165) is 19.4 Å². The third-order valence-electron chi connectivity index (χ3n) is 3.20. The molecule has 5 heteroatoms. The van der Waals surface area contributed by atoms with E-state index in [1.807, 2.05) is 0 Å². The van der Waals surface area contributed by atoms with Crippen molar-refractivity contribution in [2.75, 3.05) is 20.1 Å². The van der Waals surface area contributed by atoms with Crippen LogP contribution in [0.5, 0.6) is 0 Å². The van der Waals surface area contributed by atoms with Crippen molar-refractivity contribution >= 4 is 12.0 Å². The molecule has 118 valence electrons. The molecule has 0 aliphatic carbocycles. The van der Waals surface area contributed by atoms with Crippen LogP contribution in [0.2, 0.25) is 0 Å². The Morgan fingerprint density at radius 3 is 2.20 bits per heavy atom. The van der Waals surface area contributed by atoms with Gasteiger partial charge in [0.15, 0.2) is 0 Å². The number of aliphatic carboxylic acids is 1. The second kappa shape index (κ2) is 9.61. The quantitative estimate of drug-likeness (QED) is 0.684. The van der Waals surface area contributed by atoms with E-state index < -0.39 is 5.97 Å². The molecule has 0 aromatic heterocycles.